The monoisotopic (exact) mass is 343 g/mol. The van der Waals surface area contributed by atoms with E-state index >= 15 is 0 Å². The summed E-state index contributed by atoms with van der Waals surface area (Å²) in [7, 11) is 1.95. The average Bonchev–Trinajstić information content (AvgIpc) is 3.35. The Kier molecular flexibility index (Phi) is 3.89. The first-order valence-corrected chi connectivity index (χ1v) is 8.74. The minimum atomic E-state index is -0.0713. The maximum absolute atomic E-state index is 12.6. The van der Waals surface area contributed by atoms with Crippen molar-refractivity contribution in [2.75, 3.05) is 13.1 Å². The van der Waals surface area contributed by atoms with E-state index in [-0.39, 0.29) is 5.91 Å². The van der Waals surface area contributed by atoms with E-state index in [4.69, 9.17) is 4.52 Å². The van der Waals surface area contributed by atoms with Crippen LogP contribution in [0.5, 0.6) is 0 Å². The van der Waals surface area contributed by atoms with Crippen LogP contribution in [0, 0.1) is 0 Å². The fourth-order valence-corrected chi connectivity index (χ4v) is 3.75. The van der Waals surface area contributed by atoms with Gasteiger partial charge in [0.15, 0.2) is 11.5 Å². The van der Waals surface area contributed by atoms with Crippen LogP contribution in [-0.4, -0.2) is 43.8 Å². The van der Waals surface area contributed by atoms with Crippen molar-refractivity contribution < 1.29 is 9.32 Å². The van der Waals surface area contributed by atoms with Gasteiger partial charge in [-0.2, -0.15) is 0 Å². The highest BCUT2D eigenvalue weighted by atomic mass is 32.1. The Labute approximate surface area is 142 Å². The van der Waals surface area contributed by atoms with Gasteiger partial charge in [-0.25, -0.2) is 0 Å². The fourth-order valence-electron chi connectivity index (χ4n) is 3.08. The van der Waals surface area contributed by atoms with Crippen LogP contribution in [-0.2, 0) is 7.05 Å². The number of aryl methyl sites for hydroxylation is 1. The molecule has 4 heterocycles. The molecule has 0 aromatic carbocycles. The van der Waals surface area contributed by atoms with E-state index in [0.717, 1.165) is 23.5 Å². The minimum absolute atomic E-state index is 0.0713. The van der Waals surface area contributed by atoms with Crippen LogP contribution >= 0.6 is 11.3 Å². The lowest BCUT2D eigenvalue weighted by molar-refractivity contribution is 0.0700. The average molecular weight is 343 g/mol. The first kappa shape index (κ1) is 15.1. The first-order valence-electron chi connectivity index (χ1n) is 7.86. The second-order valence-electron chi connectivity index (χ2n) is 5.92. The summed E-state index contributed by atoms with van der Waals surface area (Å²) in [5.41, 5.74) is 0.371. The number of hydrogen-bond acceptors (Lipinski definition) is 6. The van der Waals surface area contributed by atoms with E-state index in [1.807, 2.05) is 34.0 Å². The zero-order valence-electron chi connectivity index (χ0n) is 13.3. The van der Waals surface area contributed by atoms with Gasteiger partial charge in [0.2, 0.25) is 0 Å². The third-order valence-electron chi connectivity index (χ3n) is 4.39. The first-order chi connectivity index (χ1) is 11.7. The number of nitrogens with zero attached hydrogens (tertiary/aromatic N) is 5. The third-order valence-corrected chi connectivity index (χ3v) is 5.27. The molecule has 1 amide bonds. The van der Waals surface area contributed by atoms with Crippen molar-refractivity contribution in [3.63, 3.8) is 0 Å². The maximum atomic E-state index is 12.6. The molecule has 24 heavy (non-hydrogen) atoms. The van der Waals surface area contributed by atoms with Crippen molar-refractivity contribution in [2.24, 2.45) is 7.05 Å². The Morgan fingerprint density at radius 3 is 2.88 bits per heavy atom. The molecule has 0 aliphatic carbocycles. The number of carbonyl (C=O) groups is 1. The van der Waals surface area contributed by atoms with Crippen LogP contribution in [0.15, 0.2) is 34.4 Å². The molecule has 1 aliphatic heterocycles. The summed E-state index contributed by atoms with van der Waals surface area (Å²) in [6, 6.07) is 5.62. The Balaban J connectivity index is 1.42. The van der Waals surface area contributed by atoms with Gasteiger partial charge in [0.25, 0.3) is 5.91 Å². The van der Waals surface area contributed by atoms with Gasteiger partial charge in [-0.15, -0.1) is 21.5 Å². The number of thiophene rings is 1. The summed E-state index contributed by atoms with van der Waals surface area (Å²) >= 11 is 1.56. The number of amides is 1. The van der Waals surface area contributed by atoms with Crippen LogP contribution in [0.3, 0.4) is 0 Å². The van der Waals surface area contributed by atoms with Gasteiger partial charge in [0.1, 0.15) is 12.2 Å². The summed E-state index contributed by atoms with van der Waals surface area (Å²) in [4.78, 5) is 15.4. The van der Waals surface area contributed by atoms with Gasteiger partial charge < -0.3 is 14.0 Å². The molecule has 3 aromatic heterocycles. The van der Waals surface area contributed by atoms with E-state index in [0.29, 0.717) is 30.5 Å². The predicted molar refractivity (Wildman–Crippen MR) is 88.7 cm³/mol. The topological polar surface area (TPSA) is 77.0 Å². The SMILES string of the molecule is Cn1cnnc1C1CCN(C(=O)c2cc(-c3cccs3)on2)CC1. The van der Waals surface area contributed by atoms with Crippen LogP contribution in [0.25, 0.3) is 10.6 Å². The molecule has 0 saturated carbocycles. The molecule has 0 N–H and O–H groups in total. The summed E-state index contributed by atoms with van der Waals surface area (Å²) in [5, 5.41) is 14.0. The summed E-state index contributed by atoms with van der Waals surface area (Å²) in [5.74, 6) is 1.91. The number of piperidine rings is 1. The molecule has 0 bridgehead atoms. The van der Waals surface area contributed by atoms with Crippen molar-refractivity contribution in [2.45, 2.75) is 18.8 Å². The van der Waals surface area contributed by atoms with Crippen LogP contribution in [0.1, 0.15) is 35.1 Å². The molecule has 0 radical (unpaired) electrons. The second kappa shape index (κ2) is 6.20. The quantitative estimate of drug-likeness (QED) is 0.730. The van der Waals surface area contributed by atoms with Gasteiger partial charge in [-0.1, -0.05) is 11.2 Å². The molecule has 0 atom stereocenters. The minimum Gasteiger partial charge on any atom is -0.355 e. The third kappa shape index (κ3) is 2.73. The van der Waals surface area contributed by atoms with Gasteiger partial charge >= 0.3 is 0 Å². The van der Waals surface area contributed by atoms with Gasteiger partial charge in [0.05, 0.1) is 4.88 Å². The molecule has 4 rings (SSSR count). The summed E-state index contributed by atoms with van der Waals surface area (Å²) in [6.45, 7) is 1.38. The molecule has 7 nitrogen and oxygen atoms in total. The molecular formula is C16H17N5O2S. The van der Waals surface area contributed by atoms with E-state index in [2.05, 4.69) is 15.4 Å². The van der Waals surface area contributed by atoms with Crippen molar-refractivity contribution >= 4 is 17.2 Å². The van der Waals surface area contributed by atoms with E-state index < -0.39 is 0 Å². The van der Waals surface area contributed by atoms with Crippen molar-refractivity contribution in [3.05, 3.63) is 41.4 Å². The summed E-state index contributed by atoms with van der Waals surface area (Å²) < 4.78 is 7.26. The molecule has 0 spiro atoms. The molecule has 1 fully saturated rings. The Bertz CT molecular complexity index is 830. The Hall–Kier alpha value is -2.48. The van der Waals surface area contributed by atoms with Gasteiger partial charge in [-0.05, 0) is 24.3 Å². The highest BCUT2D eigenvalue weighted by molar-refractivity contribution is 7.13. The molecule has 1 saturated heterocycles. The standard InChI is InChI=1S/C16H17N5O2S/c1-20-10-17-18-15(20)11-4-6-21(7-5-11)16(22)12-9-13(23-19-12)14-3-2-8-24-14/h2-3,8-11H,4-7H2,1H3. The van der Waals surface area contributed by atoms with Gasteiger partial charge in [0, 0.05) is 32.1 Å². The van der Waals surface area contributed by atoms with Crippen LogP contribution in [0.4, 0.5) is 0 Å². The second-order valence-corrected chi connectivity index (χ2v) is 6.87. The van der Waals surface area contributed by atoms with Crippen molar-refractivity contribution in [1.82, 2.24) is 24.8 Å². The number of likely N-dealkylation sites (tertiary alicyclic amines) is 1. The normalized spacial score (nSPS) is 15.8. The van der Waals surface area contributed by atoms with Crippen molar-refractivity contribution in [3.8, 4) is 10.6 Å². The molecule has 124 valence electrons. The van der Waals surface area contributed by atoms with E-state index in [1.165, 1.54) is 0 Å². The number of hydrogen-bond donors (Lipinski definition) is 0. The van der Waals surface area contributed by atoms with Gasteiger partial charge in [-0.3, -0.25) is 4.79 Å². The maximum Gasteiger partial charge on any atom is 0.276 e. The molecule has 8 heteroatoms. The highest BCUT2D eigenvalue weighted by Gasteiger charge is 2.28. The lowest BCUT2D eigenvalue weighted by Gasteiger charge is -2.30. The fraction of sp³-hybridized carbons (Fsp3) is 0.375. The number of rotatable bonds is 3. The lowest BCUT2D eigenvalue weighted by atomic mass is 9.96. The zero-order valence-corrected chi connectivity index (χ0v) is 14.1. The largest absolute Gasteiger partial charge is 0.355 e. The van der Waals surface area contributed by atoms with Crippen LogP contribution in [0.2, 0.25) is 0 Å². The Morgan fingerprint density at radius 1 is 1.38 bits per heavy atom. The smallest absolute Gasteiger partial charge is 0.276 e. The lowest BCUT2D eigenvalue weighted by Crippen LogP contribution is -2.38. The molecule has 1 aliphatic rings. The predicted octanol–water partition coefficient (Wildman–Crippen LogP) is 2.55. The highest BCUT2D eigenvalue weighted by Crippen LogP contribution is 2.28. The number of carbonyl (C=O) groups excluding carboxylic acids is 1. The molecular weight excluding hydrogens is 326 g/mol. The Morgan fingerprint density at radius 2 is 2.21 bits per heavy atom. The van der Waals surface area contributed by atoms with Crippen molar-refractivity contribution in [1.29, 1.82) is 0 Å². The molecule has 3 aromatic rings. The van der Waals surface area contributed by atoms with E-state index in [1.54, 1.807) is 23.7 Å². The zero-order chi connectivity index (χ0) is 16.5. The summed E-state index contributed by atoms with van der Waals surface area (Å²) in [6.07, 6.45) is 3.48. The van der Waals surface area contributed by atoms with Crippen LogP contribution < -0.4 is 0 Å². The number of aromatic nitrogens is 4. The molecule has 0 unspecified atom stereocenters. The van der Waals surface area contributed by atoms with E-state index in [9.17, 15) is 4.79 Å².